The summed E-state index contributed by atoms with van der Waals surface area (Å²) >= 11 is 9.92. The molecule has 0 saturated carbocycles. The first-order chi connectivity index (χ1) is 15.2. The van der Waals surface area contributed by atoms with Crippen molar-refractivity contribution in [3.63, 3.8) is 0 Å². The van der Waals surface area contributed by atoms with Gasteiger partial charge in [-0.25, -0.2) is 4.79 Å². The van der Waals surface area contributed by atoms with Crippen LogP contribution in [0.15, 0.2) is 22.7 Å². The van der Waals surface area contributed by atoms with E-state index in [1.165, 1.54) is 0 Å². The number of rotatable bonds is 9. The van der Waals surface area contributed by atoms with E-state index in [0.29, 0.717) is 23.9 Å². The highest BCUT2D eigenvalue weighted by Crippen LogP contribution is 2.32. The molecule has 1 unspecified atom stereocenters. The third-order valence-electron chi connectivity index (χ3n) is 4.83. The smallest absolute Gasteiger partial charge is 0.410 e. The van der Waals surface area contributed by atoms with E-state index in [9.17, 15) is 4.79 Å². The van der Waals surface area contributed by atoms with E-state index in [1.54, 1.807) is 18.1 Å². The zero-order valence-electron chi connectivity index (χ0n) is 19.5. The molecule has 1 atom stereocenters. The van der Waals surface area contributed by atoms with Crippen molar-refractivity contribution in [3.05, 3.63) is 33.3 Å². The van der Waals surface area contributed by atoms with Crippen LogP contribution in [0.3, 0.4) is 0 Å². The van der Waals surface area contributed by atoms with Crippen LogP contribution in [0.2, 0.25) is 5.02 Å². The lowest BCUT2D eigenvalue weighted by atomic mass is 10.1. The number of hydrogen-bond donors (Lipinski definition) is 0. The number of benzene rings is 1. The predicted molar refractivity (Wildman–Crippen MR) is 131 cm³/mol. The Bertz CT molecular complexity index is 742. The van der Waals surface area contributed by atoms with E-state index in [2.05, 4.69) is 22.0 Å². The minimum Gasteiger partial charge on any atom is -0.467 e. The second-order valence-electron chi connectivity index (χ2n) is 8.81. The lowest BCUT2D eigenvalue weighted by Crippen LogP contribution is -2.41. The number of nitrogens with zero attached hydrogens (tertiary/aromatic N) is 1. The second kappa shape index (κ2) is 13.4. The van der Waals surface area contributed by atoms with Gasteiger partial charge in [0.15, 0.2) is 6.79 Å². The van der Waals surface area contributed by atoms with Crippen LogP contribution in [-0.2, 0) is 14.2 Å². The molecule has 1 aliphatic heterocycles. The van der Waals surface area contributed by atoms with Gasteiger partial charge in [0.05, 0.1) is 17.7 Å². The summed E-state index contributed by atoms with van der Waals surface area (Å²) in [7, 11) is 1.57. The van der Waals surface area contributed by atoms with Crippen LogP contribution in [0.25, 0.3) is 6.08 Å². The Morgan fingerprint density at radius 3 is 2.78 bits per heavy atom. The Labute approximate surface area is 205 Å². The van der Waals surface area contributed by atoms with Gasteiger partial charge < -0.3 is 23.8 Å². The van der Waals surface area contributed by atoms with Crippen LogP contribution < -0.4 is 4.74 Å². The molecule has 32 heavy (non-hydrogen) atoms. The average Bonchev–Trinajstić information content (AvgIpc) is 2.95. The molecule has 2 rings (SSSR count). The minimum atomic E-state index is -0.485. The van der Waals surface area contributed by atoms with Gasteiger partial charge in [-0.2, -0.15) is 0 Å². The van der Waals surface area contributed by atoms with E-state index in [4.69, 9.17) is 30.5 Å². The lowest BCUT2D eigenvalue weighted by molar-refractivity contribution is 0.000847. The van der Waals surface area contributed by atoms with Crippen molar-refractivity contribution in [1.29, 1.82) is 0 Å². The van der Waals surface area contributed by atoms with Gasteiger partial charge in [0.25, 0.3) is 0 Å². The molecular formula is C24H35BrClNO5. The van der Waals surface area contributed by atoms with Crippen molar-refractivity contribution in [2.75, 3.05) is 33.6 Å². The largest absolute Gasteiger partial charge is 0.467 e. The zero-order chi connectivity index (χ0) is 23.6. The third kappa shape index (κ3) is 9.69. The average molecular weight is 533 g/mol. The van der Waals surface area contributed by atoms with Crippen LogP contribution in [0.1, 0.15) is 58.4 Å². The first-order valence-corrected chi connectivity index (χ1v) is 12.2. The maximum atomic E-state index is 12.4. The molecule has 1 heterocycles. The van der Waals surface area contributed by atoms with E-state index >= 15 is 0 Å². The monoisotopic (exact) mass is 531 g/mol. The normalized spacial score (nSPS) is 17.4. The van der Waals surface area contributed by atoms with Crippen molar-refractivity contribution in [1.82, 2.24) is 4.90 Å². The summed E-state index contributed by atoms with van der Waals surface area (Å²) in [4.78, 5) is 14.2. The molecule has 1 aliphatic rings. The first-order valence-electron chi connectivity index (χ1n) is 11.1. The van der Waals surface area contributed by atoms with Crippen molar-refractivity contribution >= 4 is 39.7 Å². The molecule has 0 aromatic heterocycles. The summed E-state index contributed by atoms with van der Waals surface area (Å²) in [5.41, 5.74) is 0.426. The van der Waals surface area contributed by atoms with Gasteiger partial charge in [0, 0.05) is 30.3 Å². The quantitative estimate of drug-likeness (QED) is 0.262. The topological polar surface area (TPSA) is 57.2 Å². The van der Waals surface area contributed by atoms with Crippen molar-refractivity contribution in [2.24, 2.45) is 0 Å². The zero-order valence-corrected chi connectivity index (χ0v) is 21.8. The number of unbranched alkanes of at least 4 members (excludes halogenated alkanes) is 1. The molecule has 1 saturated heterocycles. The maximum Gasteiger partial charge on any atom is 0.410 e. The Morgan fingerprint density at radius 2 is 2.09 bits per heavy atom. The molecule has 1 fully saturated rings. The summed E-state index contributed by atoms with van der Waals surface area (Å²) in [6.45, 7) is 7.80. The number of carbonyl (C=O) groups excluding carboxylic acids is 1. The molecule has 1 aromatic carbocycles. The molecular weight excluding hydrogens is 498 g/mol. The van der Waals surface area contributed by atoms with E-state index in [-0.39, 0.29) is 19.0 Å². The minimum absolute atomic E-state index is 0.0530. The van der Waals surface area contributed by atoms with Crippen molar-refractivity contribution in [3.8, 4) is 5.75 Å². The second-order valence-corrected chi connectivity index (χ2v) is 10.1. The number of methoxy groups -OCH3 is 1. The predicted octanol–water partition coefficient (Wildman–Crippen LogP) is 6.68. The highest BCUT2D eigenvalue weighted by molar-refractivity contribution is 9.10. The van der Waals surface area contributed by atoms with E-state index < -0.39 is 5.60 Å². The fraction of sp³-hybridized carbons (Fsp3) is 0.625. The Balaban J connectivity index is 1.77. The maximum absolute atomic E-state index is 12.4. The molecule has 6 nitrogen and oxygen atoms in total. The number of carbonyl (C=O) groups is 1. The molecule has 1 aromatic rings. The third-order valence-corrected chi connectivity index (χ3v) is 5.80. The molecule has 0 bridgehead atoms. The summed E-state index contributed by atoms with van der Waals surface area (Å²) in [5.74, 6) is 0.651. The van der Waals surface area contributed by atoms with Crippen molar-refractivity contribution < 1.29 is 23.7 Å². The van der Waals surface area contributed by atoms with E-state index in [1.807, 2.05) is 32.9 Å². The lowest BCUT2D eigenvalue weighted by Gasteiger charge is -2.28. The van der Waals surface area contributed by atoms with Gasteiger partial charge in [0.2, 0.25) is 0 Å². The van der Waals surface area contributed by atoms with Gasteiger partial charge >= 0.3 is 6.09 Å². The van der Waals surface area contributed by atoms with Crippen LogP contribution in [0.4, 0.5) is 4.79 Å². The van der Waals surface area contributed by atoms with Crippen LogP contribution >= 0.6 is 27.5 Å². The molecule has 0 spiro atoms. The highest BCUT2D eigenvalue weighted by atomic mass is 79.9. The van der Waals surface area contributed by atoms with Gasteiger partial charge in [-0.3, -0.25) is 0 Å². The van der Waals surface area contributed by atoms with Crippen LogP contribution in [0, 0.1) is 0 Å². The standard InChI is InChI=1S/C24H35BrClNO5/c1-24(2,3)32-23(28)27-12-8-7-10-18(16-27)30-13-9-5-6-11-20-21(25)14-19(15-22(20)26)31-17-29-4/h6,11,14-15,18H,5,7-10,12-13,16-17H2,1-4H3/b11-6+. The molecule has 0 radical (unpaired) electrons. The van der Waals surface area contributed by atoms with Gasteiger partial charge in [-0.15, -0.1) is 0 Å². The number of likely N-dealkylation sites (tertiary alicyclic amines) is 1. The number of halogens is 2. The molecule has 0 N–H and O–H groups in total. The number of ether oxygens (including phenoxy) is 4. The first kappa shape index (κ1) is 27.0. The fourth-order valence-electron chi connectivity index (χ4n) is 3.31. The Hall–Kier alpha value is -1.28. The number of allylic oxidation sites excluding steroid dienone is 1. The molecule has 8 heteroatoms. The molecule has 0 aliphatic carbocycles. The summed E-state index contributed by atoms with van der Waals surface area (Å²) in [5, 5.41) is 0.610. The summed E-state index contributed by atoms with van der Waals surface area (Å²) in [6, 6.07) is 3.65. The SMILES string of the molecule is COCOc1cc(Cl)c(/C=C/CCCOC2CCCCN(C(=O)OC(C)(C)C)C2)c(Br)c1. The van der Waals surface area contributed by atoms with Crippen LogP contribution in [0.5, 0.6) is 5.75 Å². The number of amides is 1. The fourth-order valence-corrected chi connectivity index (χ4v) is 4.27. The summed E-state index contributed by atoms with van der Waals surface area (Å²) < 4.78 is 22.8. The highest BCUT2D eigenvalue weighted by Gasteiger charge is 2.26. The Kier molecular flexibility index (Phi) is 11.3. The Morgan fingerprint density at radius 1 is 1.31 bits per heavy atom. The van der Waals surface area contributed by atoms with Gasteiger partial charge in [0.1, 0.15) is 11.4 Å². The van der Waals surface area contributed by atoms with Crippen LogP contribution in [-0.4, -0.2) is 56.3 Å². The summed E-state index contributed by atoms with van der Waals surface area (Å²) in [6.07, 6.45) is 8.65. The molecule has 1 amide bonds. The van der Waals surface area contributed by atoms with Gasteiger partial charge in [-0.05, 0) is 80.9 Å². The van der Waals surface area contributed by atoms with Gasteiger partial charge in [-0.1, -0.05) is 23.8 Å². The number of hydrogen-bond acceptors (Lipinski definition) is 5. The molecule has 180 valence electrons. The van der Waals surface area contributed by atoms with Crippen molar-refractivity contribution in [2.45, 2.75) is 64.6 Å². The van der Waals surface area contributed by atoms with E-state index in [0.717, 1.165) is 48.7 Å².